The zero-order valence-electron chi connectivity index (χ0n) is 102. The molecule has 5 nitrogen and oxygen atoms in total. The van der Waals surface area contributed by atoms with Gasteiger partial charge in [-0.3, -0.25) is 13.7 Å². The largest absolute Gasteiger partial charge is 0.458 e. The minimum Gasteiger partial charge on any atom is -0.458 e. The summed E-state index contributed by atoms with van der Waals surface area (Å²) in [6.45, 7) is -20.0. The normalized spacial score (nSPS) is 21.5. The van der Waals surface area contributed by atoms with Crippen LogP contribution in [-0.4, -0.2) is 22.2 Å². The van der Waals surface area contributed by atoms with Crippen LogP contribution in [0.1, 0.15) is 122 Å². The summed E-state index contributed by atoms with van der Waals surface area (Å²) in [5.74, 6) is -0.294. The molecule has 0 bridgehead atoms. The number of fused-ring (bicyclic) bond motifs is 5. The van der Waals surface area contributed by atoms with Gasteiger partial charge in [0.25, 0.3) is 6.33 Å². The third-order valence-electron chi connectivity index (χ3n) is 16.8. The first kappa shape index (κ1) is 26.4. The second kappa shape index (κ2) is 24.2. The molecule has 470 valence electrons. The van der Waals surface area contributed by atoms with Gasteiger partial charge in [0.1, 0.15) is 17.3 Å². The van der Waals surface area contributed by atoms with Crippen LogP contribution in [0.25, 0.3) is 106 Å². The zero-order chi connectivity index (χ0) is 111. The van der Waals surface area contributed by atoms with Crippen LogP contribution in [0.4, 0.5) is 0 Å². The van der Waals surface area contributed by atoms with E-state index in [-0.39, 0.29) is 45.2 Å². The monoisotopic (exact) mass is 1330 g/mol. The van der Waals surface area contributed by atoms with Gasteiger partial charge in [-0.2, -0.15) is 0 Å². The molecule has 98 heavy (non-hydrogen) atoms. The van der Waals surface area contributed by atoms with E-state index in [9.17, 15) is 42.5 Å². The Kier molecular flexibility index (Phi) is 6.51. The van der Waals surface area contributed by atoms with Crippen LogP contribution in [0, 0.1) is 13.2 Å². The Labute approximate surface area is 647 Å². The predicted molar refractivity (Wildman–Crippen MR) is 408 cm³/mol. The fraction of sp³-hybridized carbons (Fsp3) is 0.0870. The number of ether oxygens (including phenoxy) is 1. The third kappa shape index (κ3) is 10.4. The van der Waals surface area contributed by atoms with Crippen molar-refractivity contribution in [2.45, 2.75) is 51.5 Å². The molecule has 3 heterocycles. The highest BCUT2D eigenvalue weighted by Gasteiger charge is 2.43. The number of imidazole rings is 1. The maximum atomic E-state index is 11.4. The first-order chi connectivity index (χ1) is 69.5. The lowest BCUT2D eigenvalue weighted by Crippen LogP contribution is -2.74. The Morgan fingerprint density at radius 3 is 1.69 bits per heavy atom. The molecule has 3 aromatic heterocycles. The smallest absolute Gasteiger partial charge is 0.269 e. The van der Waals surface area contributed by atoms with Crippen LogP contribution in [0.3, 0.4) is 0 Å². The van der Waals surface area contributed by atoms with E-state index in [2.05, 4.69) is 11.3 Å². The van der Waals surface area contributed by atoms with Gasteiger partial charge in [0.2, 0.25) is 0 Å². The van der Waals surface area contributed by atoms with Gasteiger partial charge in [0.15, 0.2) is 8.07 Å². The molecular formula is C92H72N4OSi. The molecule has 0 saturated carbocycles. The van der Waals surface area contributed by atoms with Crippen LogP contribution in [0.15, 0.2) is 333 Å². The second-order valence-electron chi connectivity index (χ2n) is 22.6. The number of hydrogen-bond donors (Lipinski definition) is 0. The molecular weight excluding hydrogens is 1210 g/mol. The van der Waals surface area contributed by atoms with Crippen molar-refractivity contribution in [3.63, 3.8) is 0 Å². The predicted octanol–water partition coefficient (Wildman–Crippen LogP) is 20.0. The van der Waals surface area contributed by atoms with E-state index in [4.69, 9.17) is 33.5 Å². The molecule has 0 radical (unpaired) electrons. The molecule has 0 atom stereocenters. The number of para-hydroxylation sites is 1. The van der Waals surface area contributed by atoms with Crippen molar-refractivity contribution in [3.05, 3.63) is 356 Å². The van der Waals surface area contributed by atoms with Crippen molar-refractivity contribution in [2.75, 3.05) is 0 Å². The van der Waals surface area contributed by atoms with E-state index in [1.165, 1.54) is 36.4 Å². The molecule has 1 aliphatic rings. The molecule has 0 aliphatic heterocycles. The van der Waals surface area contributed by atoms with E-state index in [1.807, 2.05) is 0 Å². The van der Waals surface area contributed by atoms with Gasteiger partial charge in [-0.15, -0.1) is 0 Å². The van der Waals surface area contributed by atoms with Gasteiger partial charge < -0.3 is 4.74 Å². The molecule has 0 fully saturated rings. The highest BCUT2D eigenvalue weighted by atomic mass is 28.3. The summed E-state index contributed by atoms with van der Waals surface area (Å²) in [4.78, 5) is 4.66. The molecule has 0 spiro atoms. The number of aromatic nitrogens is 4. The Bertz CT molecular complexity index is 8300. The minimum atomic E-state index is -7.04. The Morgan fingerprint density at radius 2 is 1.03 bits per heavy atom. The molecule has 0 N–H and O–H groups in total. The van der Waals surface area contributed by atoms with Gasteiger partial charge in [-0.1, -0.05) is 287 Å². The standard InChI is InChI=1S/C92H72N4OSi/c1-63-52-89(93-60-82(63)66-32-16-8-17-33-66)96-85-45-25-24-44-78(85)79-49-48-73(59-87(79)96)97-72-36-27-35-71(58-72)94-62-95(86-51-47-67(57-88(86)94)64-28-12-6-13-29-64)90-80(54-70(65-30-14-7-15-31-65)55-81(90)69-46-50-83-84(56-69)92(4,5)61-91(83,2)3)68-34-26-43-77(53-68)98(74-37-18-9-19-38-74,75-39-20-10-21-40-75)76-41-22-11-23-42-76/h6-60H,61H2,1-5H3/i1D3,2D3,3D3,4D3,5D3,6D,7D,8D,9D,10D,11D,12D,13D,14D,15D,16D,17D,18D,19D,20D,21D,22D,23D,26D,28D,29D,30D,31D,32D,33D,34D,37D,38D,39D,40D,41D,42D,43D,46D,50D,53D,56D. The molecule has 0 amide bonds. The number of pyridine rings is 1. The van der Waals surface area contributed by atoms with Crippen molar-refractivity contribution in [1.29, 1.82) is 0 Å². The topological polar surface area (TPSA) is 35.9 Å². The lowest BCUT2D eigenvalue weighted by Gasteiger charge is -2.34. The fourth-order valence-corrected chi connectivity index (χ4v) is 16.1. The van der Waals surface area contributed by atoms with E-state index in [0.717, 1.165) is 51.7 Å². The van der Waals surface area contributed by atoms with Crippen molar-refractivity contribution in [2.24, 2.45) is 0 Å². The molecule has 0 unspecified atom stereocenters. The van der Waals surface area contributed by atoms with Crippen LogP contribution < -0.4 is 30.1 Å². The van der Waals surface area contributed by atoms with Crippen LogP contribution in [0.5, 0.6) is 11.5 Å². The first-order valence-electron chi connectivity index (χ1n) is 55.8. The van der Waals surface area contributed by atoms with E-state index in [0.29, 0.717) is 16.3 Å². The molecule has 1 aliphatic carbocycles. The maximum absolute atomic E-state index is 11.4. The van der Waals surface area contributed by atoms with Crippen molar-refractivity contribution >= 4 is 61.7 Å². The maximum Gasteiger partial charge on any atom is 0.269 e. The minimum absolute atomic E-state index is 0.0404. The molecule has 13 aromatic carbocycles. The van der Waals surface area contributed by atoms with Crippen LogP contribution >= 0.6 is 0 Å². The summed E-state index contributed by atoms with van der Waals surface area (Å²) in [5, 5.41) is -4.69. The van der Waals surface area contributed by atoms with Gasteiger partial charge in [0, 0.05) is 49.2 Å². The van der Waals surface area contributed by atoms with E-state index < -0.39 is 376 Å². The summed E-state index contributed by atoms with van der Waals surface area (Å²) >= 11 is 0. The zero-order valence-corrected chi connectivity index (χ0v) is 51.3. The first-order valence-corrected chi connectivity index (χ1v) is 31.8. The van der Waals surface area contributed by atoms with Gasteiger partial charge >= 0.3 is 0 Å². The average molecular weight is 1330 g/mol. The lowest BCUT2D eigenvalue weighted by atomic mass is 9.82. The van der Waals surface area contributed by atoms with Crippen LogP contribution in [0.2, 0.25) is 0 Å². The summed E-state index contributed by atoms with van der Waals surface area (Å²) in [5.41, 5.74) is -21.7. The number of rotatable bonds is 14. The van der Waals surface area contributed by atoms with Crippen LogP contribution in [-0.2, 0) is 10.8 Å². The van der Waals surface area contributed by atoms with Gasteiger partial charge in [-0.25, -0.2) is 4.98 Å². The number of aryl methyl sites for hydroxylation is 1. The summed E-state index contributed by atoms with van der Waals surface area (Å²) in [6.07, 6.45) is 2.10. The summed E-state index contributed by atoms with van der Waals surface area (Å²) in [6, 6.07) is -24.0. The van der Waals surface area contributed by atoms with E-state index in [1.54, 1.807) is 34.9 Å². The molecule has 6 heteroatoms. The van der Waals surface area contributed by atoms with Crippen molar-refractivity contribution in [1.82, 2.24) is 14.1 Å². The summed E-state index contributed by atoms with van der Waals surface area (Å²) < 4.78 is 501. The molecule has 17 rings (SSSR count). The average Bonchev–Trinajstić information content (AvgIpc) is 1.58. The Balaban J connectivity index is 1.08. The third-order valence-corrected chi connectivity index (χ3v) is 20.8. The Hall–Kier alpha value is -11.7. The molecule has 16 aromatic rings. The number of hydrogen-bond acceptors (Lipinski definition) is 2. The SMILES string of the molecule is [2H]c1c([2H])c([2H])c(-c2cc(-c3c([2H])c([2H])c4c(c3[2H])C(C([2H])([2H])[2H])(C([2H])([2H])[2H])CC4(C([2H])([2H])[2H])C([2H])([2H])[2H])c(-[n+]3[c-]n(-c4cccc(Oc5ccc6c7ccccc7n(-c7cc(C([2H])([2H])[2H])c(-c8c([2H])c([2H])c([2H])c([2H])c8[2H])cn7)c6c5)c4)c4cc(-c5c([2H])c([2H])c([2H])c([2H])c5[2H])ccc43)c(-c3c([2H])c([2H])c([2H])c([Si](c4c([2H])c([2H])c([2H])c([2H])c4[2H])(c4c([2H])c([2H])c([2H])c([2H])c4[2H])c4c([2H])c([2H])c([2H])c([2H])c4[2H])c3[2H])c2)c([2H])c1[2H]. The Morgan fingerprint density at radius 1 is 0.449 bits per heavy atom. The number of nitrogens with zero attached hydrogens (tertiary/aromatic N) is 4. The highest BCUT2D eigenvalue weighted by Crippen LogP contribution is 2.51. The second-order valence-corrected chi connectivity index (χ2v) is 26.1. The van der Waals surface area contributed by atoms with Gasteiger partial charge in [0.05, 0.1) is 84.2 Å². The van der Waals surface area contributed by atoms with Crippen molar-refractivity contribution in [3.8, 4) is 84.3 Å². The summed E-state index contributed by atoms with van der Waals surface area (Å²) in [7, 11) is -7.04. The van der Waals surface area contributed by atoms with Crippen molar-refractivity contribution < 1.29 is 80.6 Å². The lowest BCUT2D eigenvalue weighted by molar-refractivity contribution is -0.571. The quantitative estimate of drug-likeness (QED) is 0.0471. The highest BCUT2D eigenvalue weighted by molar-refractivity contribution is 7.20. The molecule has 0 saturated heterocycles. The number of benzene rings is 13. The van der Waals surface area contributed by atoms with E-state index >= 15 is 0 Å². The fourth-order valence-electron chi connectivity index (χ4n) is 12.5. The van der Waals surface area contributed by atoms with Gasteiger partial charge in [-0.05, 0) is 172 Å².